The van der Waals surface area contributed by atoms with E-state index in [1.54, 1.807) is 0 Å². The third kappa shape index (κ3) is 3.92. The van der Waals surface area contributed by atoms with Gasteiger partial charge in [-0.1, -0.05) is 62.4 Å². The van der Waals surface area contributed by atoms with Crippen LogP contribution in [-0.4, -0.2) is 25.8 Å². The molecule has 0 spiro atoms. The third-order valence-electron chi connectivity index (χ3n) is 4.22. The molecule has 1 N–H and O–H groups in total. The van der Waals surface area contributed by atoms with Gasteiger partial charge in [-0.3, -0.25) is 0 Å². The molecule has 0 aromatic heterocycles. The molecule has 1 unspecified atom stereocenters. The Bertz CT molecular complexity index is 606. The predicted molar refractivity (Wildman–Crippen MR) is 93.0 cm³/mol. The quantitative estimate of drug-likeness (QED) is 0.908. The van der Waals surface area contributed by atoms with E-state index in [4.69, 9.17) is 9.47 Å². The fourth-order valence-corrected chi connectivity index (χ4v) is 2.98. The Kier molecular flexibility index (Phi) is 5.31. The Morgan fingerprint density at radius 3 is 2.48 bits per heavy atom. The Hall–Kier alpha value is -1.84. The largest absolute Gasteiger partial charge is 0.483 e. The summed E-state index contributed by atoms with van der Waals surface area (Å²) >= 11 is 0. The summed E-state index contributed by atoms with van der Waals surface area (Å²) in [6.45, 7) is 6.82. The van der Waals surface area contributed by atoms with E-state index in [-0.39, 0.29) is 12.2 Å². The number of hydrogen-bond acceptors (Lipinski definition) is 3. The van der Waals surface area contributed by atoms with Gasteiger partial charge in [0.25, 0.3) is 0 Å². The van der Waals surface area contributed by atoms with Crippen molar-refractivity contribution in [3.63, 3.8) is 0 Å². The van der Waals surface area contributed by atoms with Crippen LogP contribution in [0.25, 0.3) is 0 Å². The van der Waals surface area contributed by atoms with Gasteiger partial charge >= 0.3 is 0 Å². The summed E-state index contributed by atoms with van der Waals surface area (Å²) in [6, 6.07) is 18.7. The highest BCUT2D eigenvalue weighted by atomic mass is 16.5. The molecule has 23 heavy (non-hydrogen) atoms. The zero-order valence-corrected chi connectivity index (χ0v) is 13.9. The molecule has 3 heteroatoms. The highest BCUT2D eigenvalue weighted by molar-refractivity contribution is 5.36. The first-order valence-corrected chi connectivity index (χ1v) is 8.38. The molecule has 2 atom stereocenters. The van der Waals surface area contributed by atoms with Gasteiger partial charge < -0.3 is 14.8 Å². The molecule has 3 rings (SSSR count). The molecule has 3 nitrogen and oxygen atoms in total. The molecule has 0 saturated carbocycles. The predicted octanol–water partition coefficient (Wildman–Crippen LogP) is 3.92. The van der Waals surface area contributed by atoms with Gasteiger partial charge in [0.2, 0.25) is 0 Å². The highest BCUT2D eigenvalue weighted by Crippen LogP contribution is 2.32. The summed E-state index contributed by atoms with van der Waals surface area (Å²) in [5.41, 5.74) is 2.39. The van der Waals surface area contributed by atoms with Crippen molar-refractivity contribution in [2.24, 2.45) is 0 Å². The summed E-state index contributed by atoms with van der Waals surface area (Å²) in [6.07, 6.45) is -0.0877. The molecule has 2 aromatic carbocycles. The van der Waals surface area contributed by atoms with Crippen LogP contribution in [0, 0.1) is 0 Å². The number of nitrogens with one attached hydrogen (secondary N) is 1. The first kappa shape index (κ1) is 16.0. The molecule has 1 heterocycles. The topological polar surface area (TPSA) is 30.5 Å². The normalized spacial score (nSPS) is 19.5. The molecule has 2 aromatic rings. The van der Waals surface area contributed by atoms with E-state index in [1.807, 2.05) is 12.1 Å². The lowest BCUT2D eigenvalue weighted by atomic mass is 10.0. The molecular formula is C20H25NO2. The molecule has 1 aliphatic rings. The number of morpholine rings is 1. The lowest BCUT2D eigenvalue weighted by molar-refractivity contribution is -0.0435. The highest BCUT2D eigenvalue weighted by Gasteiger charge is 2.28. The van der Waals surface area contributed by atoms with Gasteiger partial charge in [0.05, 0.1) is 6.61 Å². The van der Waals surface area contributed by atoms with Crippen molar-refractivity contribution >= 4 is 0 Å². The van der Waals surface area contributed by atoms with E-state index < -0.39 is 0 Å². The van der Waals surface area contributed by atoms with Gasteiger partial charge in [-0.15, -0.1) is 0 Å². The minimum Gasteiger partial charge on any atom is -0.483 e. The fraction of sp³-hybridized carbons (Fsp3) is 0.400. The zero-order chi connectivity index (χ0) is 16.1. The van der Waals surface area contributed by atoms with Crippen LogP contribution in [0.15, 0.2) is 54.6 Å². The smallest absolute Gasteiger partial charge is 0.151 e. The maximum absolute atomic E-state index is 6.47. The first-order chi connectivity index (χ1) is 11.3. The van der Waals surface area contributed by atoms with Crippen LogP contribution in [0.2, 0.25) is 0 Å². The van der Waals surface area contributed by atoms with Crippen molar-refractivity contribution in [3.8, 4) is 5.75 Å². The number of para-hydroxylation sites is 1. The molecule has 1 fully saturated rings. The van der Waals surface area contributed by atoms with Crippen molar-refractivity contribution in [2.45, 2.75) is 32.0 Å². The first-order valence-electron chi connectivity index (χ1n) is 8.38. The van der Waals surface area contributed by atoms with Crippen molar-refractivity contribution in [1.29, 1.82) is 0 Å². The summed E-state index contributed by atoms with van der Waals surface area (Å²) in [5.74, 6) is 1.37. The number of ether oxygens (including phenoxy) is 2. The number of hydrogen-bond donors (Lipinski definition) is 1. The minimum absolute atomic E-state index is 0.0198. The summed E-state index contributed by atoms with van der Waals surface area (Å²) < 4.78 is 12.4. The second kappa shape index (κ2) is 7.62. The summed E-state index contributed by atoms with van der Waals surface area (Å²) in [4.78, 5) is 0. The van der Waals surface area contributed by atoms with E-state index in [0.717, 1.165) is 31.0 Å². The molecule has 0 amide bonds. The Balaban J connectivity index is 1.90. The molecular weight excluding hydrogens is 286 g/mol. The van der Waals surface area contributed by atoms with Gasteiger partial charge in [0.1, 0.15) is 11.9 Å². The molecule has 0 radical (unpaired) electrons. The number of rotatable bonds is 5. The van der Waals surface area contributed by atoms with Crippen LogP contribution in [0.5, 0.6) is 5.75 Å². The molecule has 0 aliphatic carbocycles. The van der Waals surface area contributed by atoms with E-state index >= 15 is 0 Å². The lowest BCUT2D eigenvalue weighted by Crippen LogP contribution is -2.43. The fourth-order valence-electron chi connectivity index (χ4n) is 2.98. The van der Waals surface area contributed by atoms with Crippen LogP contribution in [0.4, 0.5) is 0 Å². The van der Waals surface area contributed by atoms with E-state index in [1.165, 1.54) is 5.56 Å². The van der Waals surface area contributed by atoms with Gasteiger partial charge in [-0.2, -0.15) is 0 Å². The molecule has 122 valence electrons. The average Bonchev–Trinajstić information content (AvgIpc) is 2.61. The monoisotopic (exact) mass is 311 g/mol. The molecule has 1 aliphatic heterocycles. The second-order valence-electron chi connectivity index (χ2n) is 6.26. The average molecular weight is 311 g/mol. The van der Waals surface area contributed by atoms with Crippen molar-refractivity contribution in [1.82, 2.24) is 5.32 Å². The second-order valence-corrected chi connectivity index (χ2v) is 6.26. The Morgan fingerprint density at radius 1 is 1.04 bits per heavy atom. The maximum atomic E-state index is 6.47. The molecule has 0 bridgehead atoms. The molecule has 1 saturated heterocycles. The van der Waals surface area contributed by atoms with E-state index in [0.29, 0.717) is 5.92 Å². The van der Waals surface area contributed by atoms with Crippen LogP contribution in [0.1, 0.15) is 37.0 Å². The third-order valence-corrected chi connectivity index (χ3v) is 4.22. The lowest BCUT2D eigenvalue weighted by Gasteiger charge is -2.32. The van der Waals surface area contributed by atoms with E-state index in [2.05, 4.69) is 61.6 Å². The summed E-state index contributed by atoms with van der Waals surface area (Å²) in [7, 11) is 0. The summed E-state index contributed by atoms with van der Waals surface area (Å²) in [5, 5.41) is 3.40. The zero-order valence-electron chi connectivity index (χ0n) is 13.9. The van der Waals surface area contributed by atoms with Gasteiger partial charge in [0.15, 0.2) is 6.10 Å². The Morgan fingerprint density at radius 2 is 1.78 bits per heavy atom. The van der Waals surface area contributed by atoms with Crippen LogP contribution < -0.4 is 10.1 Å². The standard InChI is InChI=1S/C20H25NO2/c1-15(2)17-10-6-7-11-18(17)23-20(16-8-4-3-5-9-16)19-14-21-12-13-22-19/h3-11,15,19-21H,12-14H2,1-2H3/t19?,20-/m0/s1. The SMILES string of the molecule is CC(C)c1ccccc1O[C@@H](c1ccccc1)C1CNCCO1. The van der Waals surface area contributed by atoms with Crippen molar-refractivity contribution < 1.29 is 9.47 Å². The van der Waals surface area contributed by atoms with Gasteiger partial charge in [-0.25, -0.2) is 0 Å². The van der Waals surface area contributed by atoms with Crippen LogP contribution >= 0.6 is 0 Å². The van der Waals surface area contributed by atoms with Crippen molar-refractivity contribution in [3.05, 3.63) is 65.7 Å². The maximum Gasteiger partial charge on any atom is 0.151 e. The minimum atomic E-state index is -0.108. The van der Waals surface area contributed by atoms with Gasteiger partial charge in [0, 0.05) is 13.1 Å². The van der Waals surface area contributed by atoms with Crippen LogP contribution in [0.3, 0.4) is 0 Å². The van der Waals surface area contributed by atoms with E-state index in [9.17, 15) is 0 Å². The van der Waals surface area contributed by atoms with Gasteiger partial charge in [-0.05, 0) is 23.1 Å². The Labute approximate surface area is 138 Å². The van der Waals surface area contributed by atoms with Crippen molar-refractivity contribution in [2.75, 3.05) is 19.7 Å². The van der Waals surface area contributed by atoms with Crippen LogP contribution in [-0.2, 0) is 4.74 Å². The number of benzene rings is 2.